The van der Waals surface area contributed by atoms with Crippen molar-refractivity contribution >= 4 is 46.6 Å². The van der Waals surface area contributed by atoms with Gasteiger partial charge in [-0.2, -0.15) is 0 Å². The van der Waals surface area contributed by atoms with Crippen molar-refractivity contribution in [2.45, 2.75) is 0 Å². The number of rotatable bonds is 4. The van der Waals surface area contributed by atoms with E-state index in [0.717, 1.165) is 0 Å². The summed E-state index contributed by atoms with van der Waals surface area (Å²) in [7, 11) is 0. The number of nitrogens with one attached hydrogen (secondary N) is 1. The number of benzene rings is 2. The smallest absolute Gasteiger partial charge is 0.292 e. The Morgan fingerprint density at radius 2 is 1.73 bits per heavy atom. The van der Waals surface area contributed by atoms with Crippen LogP contribution in [0, 0.1) is 10.1 Å². The number of para-hydroxylation sites is 2. The van der Waals surface area contributed by atoms with Gasteiger partial charge in [-0.3, -0.25) is 14.9 Å². The molecule has 22 heavy (non-hydrogen) atoms. The number of nitrogens with zero attached hydrogens (tertiary/aromatic N) is 1. The molecule has 0 aromatic heterocycles. The standard InChI is InChI=1S/C15H10Cl2N2O3/c16-11-4-3-5-12(17)10(11)8-9-15(20)18-13-6-1-2-7-14(13)19(21)22/h1-9H,(H,18,20). The van der Waals surface area contributed by atoms with Gasteiger partial charge < -0.3 is 5.32 Å². The Hall–Kier alpha value is -2.37. The summed E-state index contributed by atoms with van der Waals surface area (Å²) < 4.78 is 0. The quantitative estimate of drug-likeness (QED) is 0.505. The molecule has 0 unspecified atom stereocenters. The molecule has 0 fully saturated rings. The second-order valence-corrected chi connectivity index (χ2v) is 5.05. The van der Waals surface area contributed by atoms with E-state index in [9.17, 15) is 14.9 Å². The summed E-state index contributed by atoms with van der Waals surface area (Å²) in [6, 6.07) is 10.9. The summed E-state index contributed by atoms with van der Waals surface area (Å²) in [6.45, 7) is 0. The van der Waals surface area contributed by atoms with E-state index in [1.54, 1.807) is 24.3 Å². The van der Waals surface area contributed by atoms with Crippen LogP contribution in [0.15, 0.2) is 48.5 Å². The third kappa shape index (κ3) is 3.84. The van der Waals surface area contributed by atoms with Gasteiger partial charge in [-0.05, 0) is 24.3 Å². The number of carbonyl (C=O) groups excluding carboxylic acids is 1. The van der Waals surface area contributed by atoms with Crippen LogP contribution in [0.25, 0.3) is 6.08 Å². The van der Waals surface area contributed by atoms with E-state index < -0.39 is 10.8 Å². The van der Waals surface area contributed by atoms with Gasteiger partial charge in [-0.1, -0.05) is 41.4 Å². The number of carbonyl (C=O) groups is 1. The first-order chi connectivity index (χ1) is 10.5. The lowest BCUT2D eigenvalue weighted by atomic mass is 10.2. The average molecular weight is 337 g/mol. The van der Waals surface area contributed by atoms with Gasteiger partial charge in [0.2, 0.25) is 5.91 Å². The molecule has 0 aliphatic rings. The molecule has 2 aromatic rings. The monoisotopic (exact) mass is 336 g/mol. The molecular weight excluding hydrogens is 327 g/mol. The SMILES string of the molecule is O=C(C=Cc1c(Cl)cccc1Cl)Nc1ccccc1[N+](=O)[O-]. The molecule has 112 valence electrons. The van der Waals surface area contributed by atoms with E-state index in [1.165, 1.54) is 30.4 Å². The minimum Gasteiger partial charge on any atom is -0.317 e. The van der Waals surface area contributed by atoms with Gasteiger partial charge in [0, 0.05) is 27.8 Å². The summed E-state index contributed by atoms with van der Waals surface area (Å²) >= 11 is 12.0. The zero-order valence-electron chi connectivity index (χ0n) is 11.1. The number of hydrogen-bond donors (Lipinski definition) is 1. The normalized spacial score (nSPS) is 10.6. The maximum absolute atomic E-state index is 11.9. The Labute approximate surface area is 136 Å². The molecule has 2 aromatic carbocycles. The van der Waals surface area contributed by atoms with Crippen LogP contribution in [-0.4, -0.2) is 10.8 Å². The molecule has 5 nitrogen and oxygen atoms in total. The Kier molecular flexibility index (Phi) is 5.14. The third-order valence-corrected chi connectivity index (χ3v) is 3.42. The minimum absolute atomic E-state index is 0.118. The van der Waals surface area contributed by atoms with Crippen LogP contribution >= 0.6 is 23.2 Å². The summed E-state index contributed by atoms with van der Waals surface area (Å²) in [5, 5.41) is 14.1. The lowest BCUT2D eigenvalue weighted by Gasteiger charge is -2.03. The van der Waals surface area contributed by atoms with Gasteiger partial charge in [0.25, 0.3) is 5.69 Å². The zero-order chi connectivity index (χ0) is 16.1. The molecule has 1 N–H and O–H groups in total. The number of nitro benzene ring substituents is 1. The van der Waals surface area contributed by atoms with E-state index in [-0.39, 0.29) is 11.4 Å². The highest BCUT2D eigenvalue weighted by Crippen LogP contribution is 2.26. The highest BCUT2D eigenvalue weighted by atomic mass is 35.5. The van der Waals surface area contributed by atoms with Crippen LogP contribution in [0.4, 0.5) is 11.4 Å². The van der Waals surface area contributed by atoms with Crippen molar-refractivity contribution in [1.29, 1.82) is 0 Å². The van der Waals surface area contributed by atoms with E-state index in [4.69, 9.17) is 23.2 Å². The fourth-order valence-corrected chi connectivity index (χ4v) is 2.27. The van der Waals surface area contributed by atoms with Crippen LogP contribution in [0.5, 0.6) is 0 Å². The van der Waals surface area contributed by atoms with Gasteiger partial charge in [-0.15, -0.1) is 0 Å². The highest BCUT2D eigenvalue weighted by molar-refractivity contribution is 6.37. The van der Waals surface area contributed by atoms with Crippen LogP contribution in [0.2, 0.25) is 10.0 Å². The van der Waals surface area contributed by atoms with Crippen molar-refractivity contribution in [3.8, 4) is 0 Å². The fourth-order valence-electron chi connectivity index (χ4n) is 1.74. The number of anilines is 1. The Bertz CT molecular complexity index is 740. The summed E-state index contributed by atoms with van der Waals surface area (Å²) in [5.41, 5.74) is 0.441. The van der Waals surface area contributed by atoms with Crippen molar-refractivity contribution in [3.05, 3.63) is 74.3 Å². The second kappa shape index (κ2) is 7.06. The summed E-state index contributed by atoms with van der Waals surface area (Å²) in [6.07, 6.45) is 2.67. The van der Waals surface area contributed by atoms with Crippen molar-refractivity contribution < 1.29 is 9.72 Å². The Balaban J connectivity index is 2.17. The van der Waals surface area contributed by atoms with Crippen molar-refractivity contribution in [3.63, 3.8) is 0 Å². The predicted octanol–water partition coefficient (Wildman–Crippen LogP) is 4.55. The van der Waals surface area contributed by atoms with Crippen molar-refractivity contribution in [1.82, 2.24) is 0 Å². The lowest BCUT2D eigenvalue weighted by molar-refractivity contribution is -0.383. The van der Waals surface area contributed by atoms with Gasteiger partial charge in [0.15, 0.2) is 0 Å². The summed E-state index contributed by atoms with van der Waals surface area (Å²) in [5.74, 6) is -0.523. The van der Waals surface area contributed by atoms with E-state index >= 15 is 0 Å². The summed E-state index contributed by atoms with van der Waals surface area (Å²) in [4.78, 5) is 22.2. The van der Waals surface area contributed by atoms with Crippen LogP contribution in [-0.2, 0) is 4.79 Å². The number of nitro groups is 1. The maximum atomic E-state index is 11.9. The topological polar surface area (TPSA) is 72.2 Å². The zero-order valence-corrected chi connectivity index (χ0v) is 12.6. The van der Waals surface area contributed by atoms with Gasteiger partial charge in [0.1, 0.15) is 5.69 Å². The first-order valence-corrected chi connectivity index (χ1v) is 6.91. The number of hydrogen-bond acceptors (Lipinski definition) is 3. The number of amides is 1. The Morgan fingerprint density at radius 3 is 2.36 bits per heavy atom. The van der Waals surface area contributed by atoms with Crippen molar-refractivity contribution in [2.75, 3.05) is 5.32 Å². The molecule has 0 aliphatic heterocycles. The Morgan fingerprint density at radius 1 is 1.09 bits per heavy atom. The van der Waals surface area contributed by atoms with Gasteiger partial charge >= 0.3 is 0 Å². The lowest BCUT2D eigenvalue weighted by Crippen LogP contribution is -2.09. The first-order valence-electron chi connectivity index (χ1n) is 6.15. The molecule has 2 rings (SSSR count). The van der Waals surface area contributed by atoms with Gasteiger partial charge in [0.05, 0.1) is 4.92 Å². The maximum Gasteiger partial charge on any atom is 0.292 e. The van der Waals surface area contributed by atoms with E-state index in [1.807, 2.05) is 0 Å². The first kappa shape index (κ1) is 16.0. The molecule has 0 saturated heterocycles. The second-order valence-electron chi connectivity index (χ2n) is 4.23. The highest BCUT2D eigenvalue weighted by Gasteiger charge is 2.13. The molecule has 0 bridgehead atoms. The fraction of sp³-hybridized carbons (Fsp3) is 0. The third-order valence-electron chi connectivity index (χ3n) is 2.76. The molecule has 0 radical (unpaired) electrons. The average Bonchev–Trinajstić information content (AvgIpc) is 2.47. The molecule has 0 saturated carbocycles. The molecular formula is C15H10Cl2N2O3. The van der Waals surface area contributed by atoms with Crippen molar-refractivity contribution in [2.24, 2.45) is 0 Å². The van der Waals surface area contributed by atoms with E-state index in [2.05, 4.69) is 5.32 Å². The molecule has 7 heteroatoms. The minimum atomic E-state index is -0.565. The molecule has 1 amide bonds. The predicted molar refractivity (Wildman–Crippen MR) is 87.2 cm³/mol. The van der Waals surface area contributed by atoms with Gasteiger partial charge in [-0.25, -0.2) is 0 Å². The molecule has 0 heterocycles. The number of halogens is 2. The van der Waals surface area contributed by atoms with Crippen LogP contribution in [0.3, 0.4) is 0 Å². The molecule has 0 atom stereocenters. The van der Waals surface area contributed by atoms with Crippen LogP contribution in [0.1, 0.15) is 5.56 Å². The van der Waals surface area contributed by atoms with Crippen LogP contribution < -0.4 is 5.32 Å². The van der Waals surface area contributed by atoms with E-state index in [0.29, 0.717) is 15.6 Å². The largest absolute Gasteiger partial charge is 0.317 e. The molecule has 0 spiro atoms. The molecule has 0 aliphatic carbocycles.